The Balaban J connectivity index is 1.60. The van der Waals surface area contributed by atoms with Crippen LogP contribution in [-0.2, 0) is 6.42 Å². The maximum absolute atomic E-state index is 12.3. The number of benzene rings is 2. The summed E-state index contributed by atoms with van der Waals surface area (Å²) in [7, 11) is 0. The highest BCUT2D eigenvalue weighted by Gasteiger charge is 2.26. The standard InChI is InChI=1S/C16H10ClN3OS/c17-10-6-5-9-7-13(15(21)11(9)8-10)19-20-16-18-12-3-1-2-4-14(12)22-16/h1-6,8H,7H2,(H,18,20)/b19-13-. The summed E-state index contributed by atoms with van der Waals surface area (Å²) in [6.07, 6.45) is 0.517. The average Bonchev–Trinajstić information content (AvgIpc) is 3.07. The quantitative estimate of drug-likeness (QED) is 0.719. The lowest BCUT2D eigenvalue weighted by atomic mass is 10.1. The molecule has 4 rings (SSSR count). The highest BCUT2D eigenvalue weighted by molar-refractivity contribution is 7.22. The second-order valence-corrected chi connectivity index (χ2v) is 6.43. The topological polar surface area (TPSA) is 54.4 Å². The van der Waals surface area contributed by atoms with Crippen molar-refractivity contribution in [3.05, 3.63) is 58.6 Å². The third kappa shape index (κ3) is 2.28. The Morgan fingerprint density at radius 2 is 2.09 bits per heavy atom. The van der Waals surface area contributed by atoms with Crippen molar-refractivity contribution in [3.8, 4) is 0 Å². The van der Waals surface area contributed by atoms with E-state index in [4.69, 9.17) is 11.6 Å². The van der Waals surface area contributed by atoms with Gasteiger partial charge < -0.3 is 0 Å². The molecular weight excluding hydrogens is 318 g/mol. The molecule has 1 heterocycles. The van der Waals surface area contributed by atoms with Crippen molar-refractivity contribution in [2.75, 3.05) is 5.43 Å². The van der Waals surface area contributed by atoms with Crippen LogP contribution in [0.15, 0.2) is 47.6 Å². The van der Waals surface area contributed by atoms with Gasteiger partial charge in [-0.2, -0.15) is 5.10 Å². The molecule has 0 radical (unpaired) electrons. The molecule has 1 aliphatic rings. The first kappa shape index (κ1) is 13.4. The molecule has 4 nitrogen and oxygen atoms in total. The maximum atomic E-state index is 12.3. The van der Waals surface area contributed by atoms with Crippen molar-refractivity contribution in [2.45, 2.75) is 6.42 Å². The smallest absolute Gasteiger partial charge is 0.209 e. The summed E-state index contributed by atoms with van der Waals surface area (Å²) in [6, 6.07) is 13.2. The summed E-state index contributed by atoms with van der Waals surface area (Å²) in [6.45, 7) is 0. The summed E-state index contributed by atoms with van der Waals surface area (Å²) >= 11 is 7.44. The molecule has 0 atom stereocenters. The molecule has 0 bridgehead atoms. The number of nitrogens with one attached hydrogen (secondary N) is 1. The number of carbonyl (C=O) groups excluding carboxylic acids is 1. The number of thiazole rings is 1. The second kappa shape index (κ2) is 5.19. The molecule has 1 N–H and O–H groups in total. The van der Waals surface area contributed by atoms with E-state index in [1.807, 2.05) is 30.3 Å². The van der Waals surface area contributed by atoms with Crippen LogP contribution in [0.2, 0.25) is 5.02 Å². The fraction of sp³-hybridized carbons (Fsp3) is 0.0625. The second-order valence-electron chi connectivity index (χ2n) is 4.96. The molecule has 0 amide bonds. The summed E-state index contributed by atoms with van der Waals surface area (Å²) in [4.78, 5) is 16.7. The molecule has 0 aliphatic heterocycles. The number of halogens is 1. The van der Waals surface area contributed by atoms with E-state index in [2.05, 4.69) is 15.5 Å². The first-order valence-corrected chi connectivity index (χ1v) is 7.91. The molecule has 3 aromatic rings. The van der Waals surface area contributed by atoms with Gasteiger partial charge >= 0.3 is 0 Å². The Morgan fingerprint density at radius 1 is 1.23 bits per heavy atom. The number of anilines is 1. The minimum absolute atomic E-state index is 0.0777. The summed E-state index contributed by atoms with van der Waals surface area (Å²) in [5.41, 5.74) is 5.89. The zero-order chi connectivity index (χ0) is 15.1. The molecule has 6 heteroatoms. The van der Waals surface area contributed by atoms with Gasteiger partial charge in [0, 0.05) is 17.0 Å². The maximum Gasteiger partial charge on any atom is 0.209 e. The SMILES string of the molecule is O=C1/C(=N\Nc2nc3ccccc3s2)Cc2ccc(Cl)cc21. The Kier molecular flexibility index (Phi) is 3.17. The first-order chi connectivity index (χ1) is 10.7. The number of hydrogen-bond donors (Lipinski definition) is 1. The van der Waals surface area contributed by atoms with Crippen LogP contribution in [0.1, 0.15) is 15.9 Å². The monoisotopic (exact) mass is 327 g/mol. The Bertz CT molecular complexity index is 899. The number of hydrazone groups is 1. The molecule has 1 aliphatic carbocycles. The van der Waals surface area contributed by atoms with Gasteiger partial charge in [-0.3, -0.25) is 10.2 Å². The molecule has 0 unspecified atom stereocenters. The van der Waals surface area contributed by atoms with Crippen molar-refractivity contribution in [1.82, 2.24) is 4.98 Å². The van der Waals surface area contributed by atoms with Crippen LogP contribution in [0, 0.1) is 0 Å². The number of rotatable bonds is 2. The van der Waals surface area contributed by atoms with E-state index < -0.39 is 0 Å². The predicted molar refractivity (Wildman–Crippen MR) is 90.2 cm³/mol. The lowest BCUT2D eigenvalue weighted by molar-refractivity contribution is 0.106. The molecule has 22 heavy (non-hydrogen) atoms. The molecule has 0 spiro atoms. The minimum atomic E-state index is -0.0777. The van der Waals surface area contributed by atoms with Gasteiger partial charge in [0.1, 0.15) is 5.71 Å². The van der Waals surface area contributed by atoms with Crippen molar-refractivity contribution in [1.29, 1.82) is 0 Å². The normalized spacial score (nSPS) is 15.5. The molecule has 2 aromatic carbocycles. The minimum Gasteiger partial charge on any atom is -0.287 e. The number of nitrogens with zero attached hydrogens (tertiary/aromatic N) is 2. The third-order valence-electron chi connectivity index (χ3n) is 3.52. The van der Waals surface area contributed by atoms with Crippen molar-refractivity contribution >= 4 is 49.8 Å². The lowest BCUT2D eigenvalue weighted by Gasteiger charge is -1.96. The number of fused-ring (bicyclic) bond motifs is 2. The van der Waals surface area contributed by atoms with Crippen LogP contribution < -0.4 is 5.43 Å². The van der Waals surface area contributed by atoms with Crippen LogP contribution >= 0.6 is 22.9 Å². The van der Waals surface area contributed by atoms with Gasteiger partial charge in [-0.05, 0) is 29.8 Å². The van der Waals surface area contributed by atoms with Crippen LogP contribution in [0.4, 0.5) is 5.13 Å². The zero-order valence-electron chi connectivity index (χ0n) is 11.3. The first-order valence-electron chi connectivity index (χ1n) is 6.72. The van der Waals surface area contributed by atoms with Gasteiger partial charge in [-0.15, -0.1) is 0 Å². The Hall–Kier alpha value is -2.24. The summed E-state index contributed by atoms with van der Waals surface area (Å²) in [5, 5.41) is 5.47. The van der Waals surface area contributed by atoms with Crippen molar-refractivity contribution in [2.24, 2.45) is 5.10 Å². The zero-order valence-corrected chi connectivity index (χ0v) is 12.9. The Labute approximate surface area is 135 Å². The van der Waals surface area contributed by atoms with Gasteiger partial charge in [0.25, 0.3) is 0 Å². The van der Waals surface area contributed by atoms with E-state index in [1.165, 1.54) is 11.3 Å². The molecule has 0 fully saturated rings. The van der Waals surface area contributed by atoms with E-state index in [1.54, 1.807) is 12.1 Å². The van der Waals surface area contributed by atoms with Gasteiger partial charge in [-0.25, -0.2) is 4.98 Å². The van der Waals surface area contributed by atoms with Crippen LogP contribution in [0.25, 0.3) is 10.2 Å². The fourth-order valence-corrected chi connectivity index (χ4v) is 3.44. The number of ketones is 1. The van der Waals surface area contributed by atoms with Crippen molar-refractivity contribution < 1.29 is 4.79 Å². The van der Waals surface area contributed by atoms with Gasteiger partial charge in [0.15, 0.2) is 0 Å². The average molecular weight is 328 g/mol. The van der Waals surface area contributed by atoms with Crippen LogP contribution in [0.5, 0.6) is 0 Å². The summed E-state index contributed by atoms with van der Waals surface area (Å²) in [5.74, 6) is -0.0777. The molecule has 0 saturated heterocycles. The van der Waals surface area contributed by atoms with Crippen LogP contribution in [0.3, 0.4) is 0 Å². The van der Waals surface area contributed by atoms with Crippen LogP contribution in [-0.4, -0.2) is 16.5 Å². The number of carbonyl (C=O) groups is 1. The highest BCUT2D eigenvalue weighted by Crippen LogP contribution is 2.27. The van der Waals surface area contributed by atoms with E-state index in [0.717, 1.165) is 15.8 Å². The molecule has 0 saturated carbocycles. The molecule has 108 valence electrons. The number of Topliss-reactive ketones (excluding diaryl/α,β-unsaturated/α-hetero) is 1. The van der Waals surface area contributed by atoms with Gasteiger partial charge in [0.05, 0.1) is 10.2 Å². The van der Waals surface area contributed by atoms with Gasteiger partial charge in [0.2, 0.25) is 10.9 Å². The predicted octanol–water partition coefficient (Wildman–Crippen LogP) is 4.16. The van der Waals surface area contributed by atoms with E-state index in [0.29, 0.717) is 27.9 Å². The fourth-order valence-electron chi connectivity index (χ4n) is 2.46. The van der Waals surface area contributed by atoms with E-state index in [9.17, 15) is 4.79 Å². The Morgan fingerprint density at radius 3 is 2.95 bits per heavy atom. The lowest BCUT2D eigenvalue weighted by Crippen LogP contribution is -2.10. The largest absolute Gasteiger partial charge is 0.287 e. The van der Waals surface area contributed by atoms with Crippen molar-refractivity contribution in [3.63, 3.8) is 0 Å². The summed E-state index contributed by atoms with van der Waals surface area (Å²) < 4.78 is 1.08. The number of para-hydroxylation sites is 1. The van der Waals surface area contributed by atoms with E-state index in [-0.39, 0.29) is 5.78 Å². The highest BCUT2D eigenvalue weighted by atomic mass is 35.5. The number of hydrogen-bond acceptors (Lipinski definition) is 5. The third-order valence-corrected chi connectivity index (χ3v) is 4.69. The van der Waals surface area contributed by atoms with Gasteiger partial charge in [-0.1, -0.05) is 41.1 Å². The molecular formula is C16H10ClN3OS. The number of aromatic nitrogens is 1. The van der Waals surface area contributed by atoms with E-state index >= 15 is 0 Å². The molecule has 1 aromatic heterocycles.